The van der Waals surface area contributed by atoms with E-state index in [4.69, 9.17) is 10.5 Å². The normalized spacial score (nSPS) is 12.9. The van der Waals surface area contributed by atoms with Crippen LogP contribution in [-0.4, -0.2) is 13.0 Å². The van der Waals surface area contributed by atoms with Crippen molar-refractivity contribution < 1.29 is 13.5 Å². The van der Waals surface area contributed by atoms with Gasteiger partial charge in [0.1, 0.15) is 5.75 Å². The van der Waals surface area contributed by atoms with E-state index in [0.717, 1.165) is 0 Å². The van der Waals surface area contributed by atoms with E-state index in [0.29, 0.717) is 17.9 Å². The molecule has 84 valence electrons. The van der Waals surface area contributed by atoms with Gasteiger partial charge in [-0.05, 0) is 24.6 Å². The summed E-state index contributed by atoms with van der Waals surface area (Å²) in [6, 6.07) is 6.34. The second kappa shape index (κ2) is 5.66. The summed E-state index contributed by atoms with van der Waals surface area (Å²) in [6.07, 6.45) is -2.70. The molecular formula is C11H15F2NO. The van der Waals surface area contributed by atoms with E-state index in [1.165, 1.54) is 0 Å². The van der Waals surface area contributed by atoms with Crippen LogP contribution in [0.1, 0.15) is 24.9 Å². The molecule has 0 aliphatic heterocycles. The third kappa shape index (κ3) is 3.83. The Balaban J connectivity index is 2.71. The van der Waals surface area contributed by atoms with Gasteiger partial charge in [0.15, 0.2) is 0 Å². The minimum absolute atomic E-state index is 0.324. The first-order chi connectivity index (χ1) is 7.13. The first-order valence-corrected chi connectivity index (χ1v) is 4.90. The van der Waals surface area contributed by atoms with Crippen LogP contribution in [-0.2, 0) is 0 Å². The molecule has 0 heterocycles. The Morgan fingerprint density at radius 2 is 2.13 bits per heavy atom. The molecule has 1 rings (SSSR count). The van der Waals surface area contributed by atoms with Crippen LogP contribution in [0.25, 0.3) is 0 Å². The summed E-state index contributed by atoms with van der Waals surface area (Å²) in [6.45, 7) is 2.42. The maximum absolute atomic E-state index is 12.1. The van der Waals surface area contributed by atoms with E-state index in [-0.39, 0.29) is 6.42 Å². The maximum atomic E-state index is 12.1. The zero-order valence-corrected chi connectivity index (χ0v) is 8.62. The van der Waals surface area contributed by atoms with Gasteiger partial charge in [-0.15, -0.1) is 0 Å². The highest BCUT2D eigenvalue weighted by atomic mass is 19.3. The van der Waals surface area contributed by atoms with Crippen molar-refractivity contribution in [3.63, 3.8) is 0 Å². The summed E-state index contributed by atoms with van der Waals surface area (Å²) in [5.41, 5.74) is 6.31. The Morgan fingerprint density at radius 1 is 1.40 bits per heavy atom. The molecule has 1 aromatic rings. The molecule has 0 saturated heterocycles. The first kappa shape index (κ1) is 11.9. The number of benzene rings is 1. The van der Waals surface area contributed by atoms with Gasteiger partial charge in [-0.25, -0.2) is 8.78 Å². The fraction of sp³-hybridized carbons (Fsp3) is 0.455. The zero-order valence-electron chi connectivity index (χ0n) is 8.62. The summed E-state index contributed by atoms with van der Waals surface area (Å²) >= 11 is 0. The number of alkyl halides is 2. The van der Waals surface area contributed by atoms with Gasteiger partial charge in [0.2, 0.25) is 6.43 Å². The van der Waals surface area contributed by atoms with Gasteiger partial charge < -0.3 is 10.5 Å². The molecule has 0 radical (unpaired) electrons. The number of hydrogen-bond donors (Lipinski definition) is 1. The molecule has 15 heavy (non-hydrogen) atoms. The zero-order chi connectivity index (χ0) is 11.3. The van der Waals surface area contributed by atoms with E-state index in [1.54, 1.807) is 24.3 Å². The second-order valence-electron chi connectivity index (χ2n) is 3.24. The molecular weight excluding hydrogens is 200 g/mol. The van der Waals surface area contributed by atoms with E-state index >= 15 is 0 Å². The van der Waals surface area contributed by atoms with Crippen LogP contribution in [0.3, 0.4) is 0 Å². The van der Waals surface area contributed by atoms with Gasteiger partial charge in [-0.3, -0.25) is 0 Å². The lowest BCUT2D eigenvalue weighted by Gasteiger charge is -2.12. The highest BCUT2D eigenvalue weighted by Crippen LogP contribution is 2.22. The van der Waals surface area contributed by atoms with Gasteiger partial charge in [0.25, 0.3) is 0 Å². The van der Waals surface area contributed by atoms with Gasteiger partial charge in [0.05, 0.1) is 6.61 Å². The van der Waals surface area contributed by atoms with Crippen molar-refractivity contribution in [1.82, 2.24) is 0 Å². The lowest BCUT2D eigenvalue weighted by atomic mass is 10.0. The molecule has 0 saturated carbocycles. The summed E-state index contributed by atoms with van der Waals surface area (Å²) in [5.74, 6) is 0.666. The molecule has 1 aromatic carbocycles. The van der Waals surface area contributed by atoms with E-state index < -0.39 is 12.5 Å². The number of rotatable bonds is 5. The predicted octanol–water partition coefficient (Wildman–Crippen LogP) is 2.74. The lowest BCUT2D eigenvalue weighted by Crippen LogP contribution is -2.14. The molecule has 0 aromatic heterocycles. The molecule has 0 aliphatic carbocycles. The highest BCUT2D eigenvalue weighted by Gasteiger charge is 2.13. The van der Waals surface area contributed by atoms with Crippen LogP contribution in [0.4, 0.5) is 8.78 Å². The van der Waals surface area contributed by atoms with Crippen LogP contribution in [0.15, 0.2) is 24.3 Å². The number of halogens is 2. The minimum atomic E-state index is -2.38. The summed E-state index contributed by atoms with van der Waals surface area (Å²) in [5, 5.41) is 0. The van der Waals surface area contributed by atoms with Crippen LogP contribution in [0.5, 0.6) is 5.75 Å². The molecule has 0 spiro atoms. The average Bonchev–Trinajstić information content (AvgIpc) is 2.17. The Kier molecular flexibility index (Phi) is 4.49. The molecule has 1 atom stereocenters. The molecule has 2 nitrogen and oxygen atoms in total. The van der Waals surface area contributed by atoms with E-state index in [9.17, 15) is 8.78 Å². The fourth-order valence-electron chi connectivity index (χ4n) is 1.33. The van der Waals surface area contributed by atoms with Crippen molar-refractivity contribution in [3.8, 4) is 5.75 Å². The van der Waals surface area contributed by atoms with Crippen molar-refractivity contribution in [2.24, 2.45) is 5.73 Å². The third-order valence-electron chi connectivity index (χ3n) is 2.03. The lowest BCUT2D eigenvalue weighted by molar-refractivity contribution is 0.128. The Morgan fingerprint density at radius 3 is 2.73 bits per heavy atom. The van der Waals surface area contributed by atoms with Crippen LogP contribution in [0, 0.1) is 0 Å². The van der Waals surface area contributed by atoms with Crippen LogP contribution >= 0.6 is 0 Å². The maximum Gasteiger partial charge on any atom is 0.240 e. The average molecular weight is 215 g/mol. The van der Waals surface area contributed by atoms with Gasteiger partial charge in [-0.1, -0.05) is 12.1 Å². The van der Waals surface area contributed by atoms with Crippen LogP contribution < -0.4 is 10.5 Å². The van der Waals surface area contributed by atoms with Gasteiger partial charge in [-0.2, -0.15) is 0 Å². The molecule has 4 heteroatoms. The molecule has 2 N–H and O–H groups in total. The second-order valence-corrected chi connectivity index (χ2v) is 3.24. The van der Waals surface area contributed by atoms with Crippen molar-refractivity contribution in [3.05, 3.63) is 29.8 Å². The Labute approximate surface area is 88.0 Å². The predicted molar refractivity (Wildman–Crippen MR) is 55.2 cm³/mol. The first-order valence-electron chi connectivity index (χ1n) is 4.90. The van der Waals surface area contributed by atoms with E-state index in [1.807, 2.05) is 6.92 Å². The monoisotopic (exact) mass is 215 g/mol. The standard InChI is InChI=1S/C11H15F2NO/c1-2-15-9-5-3-4-8(6-9)10(14)7-11(12)13/h3-6,10-11H,2,7,14H2,1H3/t10-/m0/s1. The Bertz CT molecular complexity index is 304. The van der Waals surface area contributed by atoms with Crippen molar-refractivity contribution in [2.45, 2.75) is 25.8 Å². The van der Waals surface area contributed by atoms with Crippen molar-refractivity contribution in [1.29, 1.82) is 0 Å². The van der Waals surface area contributed by atoms with Crippen molar-refractivity contribution >= 4 is 0 Å². The van der Waals surface area contributed by atoms with Gasteiger partial charge >= 0.3 is 0 Å². The molecule has 0 bridgehead atoms. The fourth-order valence-corrected chi connectivity index (χ4v) is 1.33. The molecule has 0 fully saturated rings. The number of ether oxygens (including phenoxy) is 1. The number of hydrogen-bond acceptors (Lipinski definition) is 2. The topological polar surface area (TPSA) is 35.2 Å². The van der Waals surface area contributed by atoms with Gasteiger partial charge in [0, 0.05) is 12.5 Å². The SMILES string of the molecule is CCOc1cccc([C@@H](N)CC(F)F)c1. The van der Waals surface area contributed by atoms with E-state index in [2.05, 4.69) is 0 Å². The minimum Gasteiger partial charge on any atom is -0.494 e. The molecule has 0 unspecified atom stereocenters. The third-order valence-corrected chi connectivity index (χ3v) is 2.03. The Hall–Kier alpha value is -1.16. The van der Waals surface area contributed by atoms with Crippen molar-refractivity contribution in [2.75, 3.05) is 6.61 Å². The quantitative estimate of drug-likeness (QED) is 0.819. The summed E-state index contributed by atoms with van der Waals surface area (Å²) in [4.78, 5) is 0. The largest absolute Gasteiger partial charge is 0.494 e. The summed E-state index contributed by atoms with van der Waals surface area (Å²) in [7, 11) is 0. The summed E-state index contributed by atoms with van der Waals surface area (Å²) < 4.78 is 29.5. The van der Waals surface area contributed by atoms with Crippen LogP contribution in [0.2, 0.25) is 0 Å². The number of nitrogens with two attached hydrogens (primary N) is 1. The molecule has 0 aliphatic rings. The highest BCUT2D eigenvalue weighted by molar-refractivity contribution is 5.30. The molecule has 0 amide bonds. The smallest absolute Gasteiger partial charge is 0.240 e.